The van der Waals surface area contributed by atoms with Crippen LogP contribution in [0.2, 0.25) is 0 Å². The van der Waals surface area contributed by atoms with E-state index in [1.165, 1.54) is 12.1 Å². The summed E-state index contributed by atoms with van der Waals surface area (Å²) in [5, 5.41) is 13.5. The molecule has 0 saturated heterocycles. The van der Waals surface area contributed by atoms with Crippen molar-refractivity contribution in [2.75, 3.05) is 6.73 Å². The number of amides is 2. The molecule has 0 aliphatic rings. The van der Waals surface area contributed by atoms with Crippen LogP contribution >= 0.6 is 0 Å². The molecule has 2 amide bonds. The van der Waals surface area contributed by atoms with Gasteiger partial charge < -0.3 is 19.9 Å². The predicted octanol–water partition coefficient (Wildman–Crippen LogP) is 0.277. The van der Waals surface area contributed by atoms with Gasteiger partial charge in [-0.05, 0) is 12.1 Å². The minimum absolute atomic E-state index is 0. The maximum Gasteiger partial charge on any atom is 2.00 e. The first-order valence-corrected chi connectivity index (χ1v) is 5.48. The summed E-state index contributed by atoms with van der Waals surface area (Å²) in [7, 11) is 3.08. The third-order valence-electron chi connectivity index (χ3n) is 2.02. The van der Waals surface area contributed by atoms with Crippen LogP contribution in [0.25, 0.3) is 0 Å². The molecule has 0 saturated carbocycles. The number of benzene rings is 1. The Bertz CT molecular complexity index is 508. The fourth-order valence-corrected chi connectivity index (χ4v) is 1.10. The molecule has 0 bridgehead atoms. The molecule has 0 aromatic heterocycles. The molecule has 0 heterocycles. The molecule has 0 atom stereocenters. The van der Waals surface area contributed by atoms with E-state index in [9.17, 15) is 19.5 Å². The SMILES string of the molecule is [CH2-]NC(=O)CC(=O)OCNC(=O)Oc1ccccc1O.[W+2]. The Morgan fingerprint density at radius 2 is 1.90 bits per heavy atom. The Kier molecular flexibility index (Phi) is 8.80. The molecule has 1 aromatic carbocycles. The second-order valence-electron chi connectivity index (χ2n) is 3.47. The Morgan fingerprint density at radius 3 is 2.52 bits per heavy atom. The predicted molar refractivity (Wildman–Crippen MR) is 66.3 cm³/mol. The van der Waals surface area contributed by atoms with Gasteiger partial charge in [-0.3, -0.25) is 22.0 Å². The van der Waals surface area contributed by atoms with Crippen molar-refractivity contribution in [3.05, 3.63) is 31.3 Å². The molecule has 112 valence electrons. The molecule has 8 nitrogen and oxygen atoms in total. The molecular weight excluding hydrogens is 452 g/mol. The van der Waals surface area contributed by atoms with E-state index in [2.05, 4.69) is 17.1 Å². The van der Waals surface area contributed by atoms with Crippen LogP contribution in [0.15, 0.2) is 24.3 Å². The van der Waals surface area contributed by atoms with Crippen LogP contribution in [0.5, 0.6) is 11.5 Å². The van der Waals surface area contributed by atoms with Crippen LogP contribution in [-0.2, 0) is 35.4 Å². The van der Waals surface area contributed by atoms with Crippen LogP contribution in [0, 0.1) is 7.05 Å². The van der Waals surface area contributed by atoms with E-state index in [4.69, 9.17) is 4.74 Å². The van der Waals surface area contributed by atoms with Gasteiger partial charge in [0.25, 0.3) is 0 Å². The summed E-state index contributed by atoms with van der Waals surface area (Å²) < 4.78 is 9.30. The first-order chi connectivity index (χ1) is 9.52. The van der Waals surface area contributed by atoms with Crippen molar-refractivity contribution in [1.29, 1.82) is 0 Å². The van der Waals surface area contributed by atoms with Crippen LogP contribution in [-0.4, -0.2) is 29.8 Å². The molecule has 0 spiro atoms. The average Bonchev–Trinajstić information content (AvgIpc) is 2.41. The summed E-state index contributed by atoms with van der Waals surface area (Å²) in [5.41, 5.74) is 0. The quantitative estimate of drug-likeness (QED) is 0.249. The van der Waals surface area contributed by atoms with Crippen LogP contribution < -0.4 is 15.4 Å². The molecule has 0 radical (unpaired) electrons. The van der Waals surface area contributed by atoms with Gasteiger partial charge >= 0.3 is 33.1 Å². The average molecular weight is 465 g/mol. The largest absolute Gasteiger partial charge is 2.00 e. The van der Waals surface area contributed by atoms with Crippen molar-refractivity contribution in [2.45, 2.75) is 6.42 Å². The van der Waals surface area contributed by atoms with Crippen LogP contribution in [0.3, 0.4) is 0 Å². The van der Waals surface area contributed by atoms with Crippen molar-refractivity contribution in [1.82, 2.24) is 10.6 Å². The number of ether oxygens (including phenoxy) is 2. The second-order valence-corrected chi connectivity index (χ2v) is 3.47. The molecule has 0 fully saturated rings. The molecule has 1 rings (SSSR count). The van der Waals surface area contributed by atoms with Gasteiger partial charge in [0.1, 0.15) is 6.42 Å². The van der Waals surface area contributed by atoms with E-state index in [1.54, 1.807) is 12.1 Å². The molecule has 0 aliphatic carbocycles. The number of carbonyl (C=O) groups excluding carboxylic acids is 3. The van der Waals surface area contributed by atoms with Gasteiger partial charge in [0.2, 0.25) is 5.91 Å². The van der Waals surface area contributed by atoms with E-state index < -0.39 is 31.1 Å². The van der Waals surface area contributed by atoms with Gasteiger partial charge in [0.15, 0.2) is 18.2 Å². The molecule has 9 heteroatoms. The van der Waals surface area contributed by atoms with E-state index in [0.29, 0.717) is 0 Å². The van der Waals surface area contributed by atoms with E-state index >= 15 is 0 Å². The van der Waals surface area contributed by atoms with Crippen molar-refractivity contribution in [3.63, 3.8) is 0 Å². The number of rotatable bonds is 5. The standard InChI is InChI=1S/C12H13N2O6.W/c1-13-10(16)6-11(17)19-7-14-12(18)20-9-5-3-2-4-8(9)15;/h2-5,15H,1,6-7H2,(H,13,16)(H,14,18);/q-1;+2. The topological polar surface area (TPSA) is 114 Å². The first-order valence-electron chi connectivity index (χ1n) is 5.48. The molecular formula is C12H13N2O6W+. The number of hydrogen-bond acceptors (Lipinski definition) is 6. The maximum absolute atomic E-state index is 11.3. The zero-order valence-corrected chi connectivity index (χ0v) is 13.8. The number of hydrogen-bond donors (Lipinski definition) is 3. The summed E-state index contributed by atoms with van der Waals surface area (Å²) in [5.74, 6) is -1.67. The van der Waals surface area contributed by atoms with Crippen molar-refractivity contribution < 1.29 is 50.0 Å². The molecule has 3 N–H and O–H groups in total. The number of phenols is 1. The van der Waals surface area contributed by atoms with Crippen molar-refractivity contribution >= 4 is 18.0 Å². The third kappa shape index (κ3) is 7.31. The number of phenolic OH excluding ortho intramolecular Hbond substituents is 1. The summed E-state index contributed by atoms with van der Waals surface area (Å²) in [6, 6.07) is 5.87. The van der Waals surface area contributed by atoms with Gasteiger partial charge in [-0.1, -0.05) is 12.1 Å². The number of carbonyl (C=O) groups is 3. The fraction of sp³-hybridized carbons (Fsp3) is 0.167. The number of esters is 1. The van der Waals surface area contributed by atoms with Crippen LogP contribution in [0.1, 0.15) is 6.42 Å². The van der Waals surface area contributed by atoms with E-state index in [0.717, 1.165) is 0 Å². The van der Waals surface area contributed by atoms with E-state index in [1.807, 2.05) is 5.32 Å². The van der Waals surface area contributed by atoms with Gasteiger partial charge in [0, 0.05) is 0 Å². The second kappa shape index (κ2) is 9.76. The molecule has 0 unspecified atom stereocenters. The Hall–Kier alpha value is -2.08. The summed E-state index contributed by atoms with van der Waals surface area (Å²) in [4.78, 5) is 33.1. The van der Waals surface area contributed by atoms with Gasteiger partial charge in [-0.25, -0.2) is 4.79 Å². The third-order valence-corrected chi connectivity index (χ3v) is 2.02. The minimum Gasteiger partial charge on any atom is -0.508 e. The smallest absolute Gasteiger partial charge is 0.508 e. The van der Waals surface area contributed by atoms with Crippen molar-refractivity contribution in [3.8, 4) is 11.5 Å². The normalized spacial score (nSPS) is 9.00. The summed E-state index contributed by atoms with van der Waals surface area (Å²) in [6.45, 7) is -0.463. The van der Waals surface area contributed by atoms with Gasteiger partial charge in [-0.2, -0.15) is 0 Å². The fourth-order valence-electron chi connectivity index (χ4n) is 1.10. The zero-order valence-electron chi connectivity index (χ0n) is 10.8. The molecule has 21 heavy (non-hydrogen) atoms. The minimum atomic E-state index is -0.916. The van der Waals surface area contributed by atoms with Crippen molar-refractivity contribution in [2.24, 2.45) is 0 Å². The maximum atomic E-state index is 11.3. The molecule has 0 aliphatic heterocycles. The summed E-state index contributed by atoms with van der Waals surface area (Å²) >= 11 is 0. The number of nitrogens with one attached hydrogen (secondary N) is 2. The first kappa shape index (κ1) is 18.9. The number of para-hydroxylation sites is 2. The number of aromatic hydroxyl groups is 1. The summed E-state index contributed by atoms with van der Waals surface area (Å²) in [6.07, 6.45) is -1.42. The van der Waals surface area contributed by atoms with Crippen LogP contribution in [0.4, 0.5) is 4.79 Å². The van der Waals surface area contributed by atoms with Gasteiger partial charge in [0.05, 0.1) is 0 Å². The van der Waals surface area contributed by atoms with E-state index in [-0.39, 0.29) is 32.6 Å². The Labute approximate surface area is 135 Å². The Balaban J connectivity index is 0.00000400. The monoisotopic (exact) mass is 465 g/mol. The van der Waals surface area contributed by atoms with Gasteiger partial charge in [-0.15, -0.1) is 0 Å². The zero-order chi connectivity index (χ0) is 15.0. The molecule has 1 aromatic rings. The Morgan fingerprint density at radius 1 is 1.24 bits per heavy atom.